The van der Waals surface area contributed by atoms with Crippen molar-refractivity contribution in [2.45, 2.75) is 65.7 Å². The fourth-order valence-corrected chi connectivity index (χ4v) is 6.57. The number of ketones is 1. The van der Waals surface area contributed by atoms with E-state index >= 15 is 0 Å². The van der Waals surface area contributed by atoms with Gasteiger partial charge in [0.1, 0.15) is 35.1 Å². The van der Waals surface area contributed by atoms with Crippen LogP contribution in [0.2, 0.25) is 5.15 Å². The summed E-state index contributed by atoms with van der Waals surface area (Å²) in [6.45, 7) is 7.79. The summed E-state index contributed by atoms with van der Waals surface area (Å²) >= 11 is 6.17. The van der Waals surface area contributed by atoms with E-state index in [1.807, 2.05) is 51.0 Å². The first-order valence-corrected chi connectivity index (χ1v) is 15.0. The molecule has 1 aliphatic heterocycles. The van der Waals surface area contributed by atoms with E-state index in [0.717, 1.165) is 28.7 Å². The Morgan fingerprint density at radius 1 is 1.09 bits per heavy atom. The number of benzene rings is 1. The monoisotopic (exact) mass is 614 g/mol. The van der Waals surface area contributed by atoms with E-state index in [2.05, 4.69) is 32.3 Å². The largest absolute Gasteiger partial charge is 0.325 e. The van der Waals surface area contributed by atoms with E-state index in [1.54, 1.807) is 28.0 Å². The lowest BCUT2D eigenvalue weighted by molar-refractivity contribution is -0.138. The maximum absolute atomic E-state index is 14.0. The van der Waals surface area contributed by atoms with Crippen molar-refractivity contribution in [3.05, 3.63) is 64.5 Å². The molecule has 1 saturated carbocycles. The number of carbonyl (C=O) groups is 3. The fraction of sp³-hybridized carbons (Fsp3) is 0.406. The summed E-state index contributed by atoms with van der Waals surface area (Å²) < 4.78 is 1.60. The van der Waals surface area contributed by atoms with E-state index < -0.39 is 6.04 Å². The average Bonchev–Trinajstić information content (AvgIpc) is 3.31. The maximum Gasteiger partial charge on any atom is 0.248 e. The first-order valence-electron chi connectivity index (χ1n) is 14.6. The second kappa shape index (κ2) is 11.0. The summed E-state index contributed by atoms with van der Waals surface area (Å²) in [7, 11) is 3.86. The van der Waals surface area contributed by atoms with Crippen LogP contribution in [0.3, 0.4) is 0 Å². The van der Waals surface area contributed by atoms with E-state index in [0.29, 0.717) is 41.2 Å². The molecule has 1 aliphatic carbocycles. The smallest absolute Gasteiger partial charge is 0.248 e. The molecule has 0 spiro atoms. The molecule has 0 bridgehead atoms. The van der Waals surface area contributed by atoms with Gasteiger partial charge in [0.15, 0.2) is 5.78 Å². The highest BCUT2D eigenvalue weighted by atomic mass is 35.5. The second-order valence-corrected chi connectivity index (χ2v) is 12.9. The van der Waals surface area contributed by atoms with Crippen molar-refractivity contribution in [3.63, 3.8) is 0 Å². The molecule has 2 aliphatic rings. The van der Waals surface area contributed by atoms with Gasteiger partial charge in [0.25, 0.3) is 0 Å². The molecule has 0 unspecified atom stereocenters. The SMILES string of the molecule is CC(=O)c1nn(CC(=O)N2[C@H](C(=O)Nc3nc(Cl)ccc3CN(C)C)C[C@@]3(C)C[C@@H]23)c2c(C)cc(-c3cnc(C)nc3)cc12. The Kier molecular flexibility index (Phi) is 7.49. The molecule has 12 heteroatoms. The van der Waals surface area contributed by atoms with Crippen LogP contribution in [0, 0.1) is 19.3 Å². The van der Waals surface area contributed by atoms with Crippen LogP contribution in [0.25, 0.3) is 22.0 Å². The Morgan fingerprint density at radius 2 is 1.82 bits per heavy atom. The van der Waals surface area contributed by atoms with E-state index in [-0.39, 0.29) is 40.8 Å². The molecule has 1 saturated heterocycles. The molecule has 2 fully saturated rings. The van der Waals surface area contributed by atoms with E-state index in [9.17, 15) is 14.4 Å². The number of nitrogens with one attached hydrogen (secondary N) is 1. The summed E-state index contributed by atoms with van der Waals surface area (Å²) in [6, 6.07) is 6.72. The number of rotatable bonds is 8. The topological polar surface area (TPSA) is 126 Å². The van der Waals surface area contributed by atoms with Gasteiger partial charge in [0.2, 0.25) is 11.8 Å². The van der Waals surface area contributed by atoms with Gasteiger partial charge in [0.05, 0.1) is 5.52 Å². The minimum absolute atomic E-state index is 0.0392. The van der Waals surface area contributed by atoms with Crippen LogP contribution in [0.15, 0.2) is 36.7 Å². The second-order valence-electron chi connectivity index (χ2n) is 12.5. The summed E-state index contributed by atoms with van der Waals surface area (Å²) in [4.78, 5) is 57.1. The number of fused-ring (bicyclic) bond motifs is 2. The summed E-state index contributed by atoms with van der Waals surface area (Å²) in [5.41, 5.74) is 4.24. The number of carbonyl (C=O) groups excluding carboxylic acids is 3. The number of Topliss-reactive ketones (excluding diaryl/α,β-unsaturated/α-hetero) is 1. The molecule has 2 amide bonds. The number of likely N-dealkylation sites (tertiary alicyclic amines) is 1. The van der Waals surface area contributed by atoms with Crippen LogP contribution in [-0.4, -0.2) is 78.3 Å². The maximum atomic E-state index is 14.0. The van der Waals surface area contributed by atoms with Crippen molar-refractivity contribution in [1.29, 1.82) is 0 Å². The van der Waals surface area contributed by atoms with Crippen LogP contribution in [0.4, 0.5) is 5.82 Å². The number of aromatic nitrogens is 5. The number of piperidine rings is 1. The number of aryl methyl sites for hydroxylation is 2. The van der Waals surface area contributed by atoms with Crippen LogP contribution >= 0.6 is 11.6 Å². The average molecular weight is 615 g/mol. The van der Waals surface area contributed by atoms with E-state index in [1.165, 1.54) is 6.92 Å². The number of hydrogen-bond acceptors (Lipinski definition) is 8. The zero-order valence-corrected chi connectivity index (χ0v) is 26.4. The van der Waals surface area contributed by atoms with Gasteiger partial charge in [0, 0.05) is 48.4 Å². The molecule has 11 nitrogen and oxygen atoms in total. The molecule has 0 radical (unpaired) electrons. The number of anilines is 1. The lowest BCUT2D eigenvalue weighted by atomic mass is 10.0. The molecular weight excluding hydrogens is 580 g/mol. The van der Waals surface area contributed by atoms with Crippen molar-refractivity contribution >= 4 is 45.9 Å². The van der Waals surface area contributed by atoms with Gasteiger partial charge >= 0.3 is 0 Å². The Balaban J connectivity index is 1.30. The lowest BCUT2D eigenvalue weighted by Crippen LogP contribution is -2.47. The minimum Gasteiger partial charge on any atom is -0.325 e. The van der Waals surface area contributed by atoms with Crippen molar-refractivity contribution in [3.8, 4) is 11.1 Å². The van der Waals surface area contributed by atoms with Gasteiger partial charge in [-0.2, -0.15) is 5.10 Å². The van der Waals surface area contributed by atoms with Crippen LogP contribution in [0.1, 0.15) is 54.1 Å². The zero-order valence-electron chi connectivity index (χ0n) is 25.7. The first kappa shape index (κ1) is 29.8. The molecule has 4 heterocycles. The van der Waals surface area contributed by atoms with Gasteiger partial charge in [-0.15, -0.1) is 0 Å². The molecule has 1 N–H and O–H groups in total. The van der Waals surface area contributed by atoms with Crippen molar-refractivity contribution < 1.29 is 14.4 Å². The molecule has 228 valence electrons. The van der Waals surface area contributed by atoms with Crippen molar-refractivity contribution in [2.24, 2.45) is 5.41 Å². The highest BCUT2D eigenvalue weighted by molar-refractivity contribution is 6.29. The minimum atomic E-state index is -0.664. The number of halogens is 1. The molecule has 3 aromatic heterocycles. The highest BCUT2D eigenvalue weighted by Crippen LogP contribution is 2.59. The number of amides is 2. The number of hydrogen-bond donors (Lipinski definition) is 1. The summed E-state index contributed by atoms with van der Waals surface area (Å²) in [5, 5.41) is 8.50. The Bertz CT molecular complexity index is 1820. The third kappa shape index (κ3) is 5.46. The Labute approximate surface area is 260 Å². The van der Waals surface area contributed by atoms with Crippen LogP contribution in [-0.2, 0) is 22.7 Å². The fourth-order valence-electron chi connectivity index (χ4n) is 6.42. The standard InChI is InChI=1S/C32H35ClN8O3/c1-17-9-21(22-13-34-19(3)35-14-22)10-23-28(18(2)42)38-40(29(17)23)16-27(43)41-24(11-32(4)12-25(32)41)31(44)37-30-20(15-39(5)6)7-8-26(33)36-30/h7-10,13-14,24-25H,11-12,15-16H2,1-6H3,(H,36,37,44)/t24-,25+,32-/m0/s1. The molecule has 44 heavy (non-hydrogen) atoms. The molecular formula is C32H35ClN8O3. The van der Waals surface area contributed by atoms with Crippen LogP contribution in [0.5, 0.6) is 0 Å². The number of nitrogens with zero attached hydrogens (tertiary/aromatic N) is 7. The lowest BCUT2D eigenvalue weighted by Gasteiger charge is -2.27. The highest BCUT2D eigenvalue weighted by Gasteiger charge is 2.64. The van der Waals surface area contributed by atoms with Crippen LogP contribution < -0.4 is 5.32 Å². The predicted molar refractivity (Wildman–Crippen MR) is 167 cm³/mol. The normalized spacial score (nSPS) is 20.7. The van der Waals surface area contributed by atoms with Gasteiger partial charge in [-0.1, -0.05) is 24.6 Å². The van der Waals surface area contributed by atoms with Gasteiger partial charge in [-0.3, -0.25) is 19.1 Å². The molecule has 6 rings (SSSR count). The first-order chi connectivity index (χ1) is 20.8. The van der Waals surface area contributed by atoms with Gasteiger partial charge < -0.3 is 15.1 Å². The summed E-state index contributed by atoms with van der Waals surface area (Å²) in [5.74, 6) is 0.342. The summed E-state index contributed by atoms with van der Waals surface area (Å²) in [6.07, 6.45) is 4.89. The molecule has 1 aromatic carbocycles. The third-order valence-electron chi connectivity index (χ3n) is 8.67. The molecule has 3 atom stereocenters. The third-order valence-corrected chi connectivity index (χ3v) is 8.88. The zero-order chi connectivity index (χ0) is 31.5. The van der Waals surface area contributed by atoms with Crippen molar-refractivity contribution in [1.82, 2.24) is 34.5 Å². The predicted octanol–water partition coefficient (Wildman–Crippen LogP) is 4.44. The molecule has 4 aromatic rings. The van der Waals surface area contributed by atoms with Crippen molar-refractivity contribution in [2.75, 3.05) is 19.4 Å². The Hall–Kier alpha value is -4.22. The quantitative estimate of drug-likeness (QED) is 0.228. The van der Waals surface area contributed by atoms with E-state index in [4.69, 9.17) is 11.6 Å². The van der Waals surface area contributed by atoms with Gasteiger partial charge in [-0.25, -0.2) is 15.0 Å². The number of pyridine rings is 1. The van der Waals surface area contributed by atoms with Gasteiger partial charge in [-0.05, 0) is 75.5 Å². The Morgan fingerprint density at radius 3 is 2.50 bits per heavy atom.